The molecule has 1 N–H and O–H groups in total. The van der Waals surface area contributed by atoms with Crippen LogP contribution in [0.4, 0.5) is 5.82 Å². The normalized spacial score (nSPS) is 16.8. The molecule has 31 heavy (non-hydrogen) atoms. The highest BCUT2D eigenvalue weighted by Gasteiger charge is 2.27. The van der Waals surface area contributed by atoms with Crippen molar-refractivity contribution in [1.29, 1.82) is 0 Å². The first-order valence-corrected chi connectivity index (χ1v) is 11.1. The van der Waals surface area contributed by atoms with Gasteiger partial charge >= 0.3 is 0 Å². The van der Waals surface area contributed by atoms with Crippen molar-refractivity contribution < 1.29 is 14.1 Å². The third kappa shape index (κ3) is 5.68. The van der Waals surface area contributed by atoms with Gasteiger partial charge in [0.2, 0.25) is 17.6 Å². The quantitative estimate of drug-likeness (QED) is 0.537. The molecule has 8 nitrogen and oxygen atoms in total. The van der Waals surface area contributed by atoms with E-state index >= 15 is 0 Å². The summed E-state index contributed by atoms with van der Waals surface area (Å²) in [5.74, 6) is 2.34. The van der Waals surface area contributed by atoms with E-state index in [2.05, 4.69) is 41.3 Å². The van der Waals surface area contributed by atoms with Gasteiger partial charge in [-0.2, -0.15) is 4.98 Å². The van der Waals surface area contributed by atoms with Gasteiger partial charge in [-0.05, 0) is 78.6 Å². The van der Waals surface area contributed by atoms with Crippen LogP contribution >= 0.6 is 15.9 Å². The van der Waals surface area contributed by atoms with Crippen LogP contribution in [-0.4, -0.2) is 45.6 Å². The summed E-state index contributed by atoms with van der Waals surface area (Å²) in [5, 5.41) is 7.00. The van der Waals surface area contributed by atoms with Crippen LogP contribution in [0.15, 0.2) is 51.6 Å². The number of piperidine rings is 1. The molecule has 1 aromatic carbocycles. The zero-order chi connectivity index (χ0) is 21.6. The van der Waals surface area contributed by atoms with Gasteiger partial charge in [-0.15, -0.1) is 0 Å². The van der Waals surface area contributed by atoms with Crippen molar-refractivity contribution in [3.63, 3.8) is 0 Å². The van der Waals surface area contributed by atoms with Gasteiger partial charge in [-0.25, -0.2) is 4.98 Å². The Morgan fingerprint density at radius 3 is 2.87 bits per heavy atom. The lowest BCUT2D eigenvalue weighted by molar-refractivity contribution is -0.121. The highest BCUT2D eigenvalue weighted by atomic mass is 79.9. The van der Waals surface area contributed by atoms with E-state index in [1.54, 1.807) is 12.3 Å². The van der Waals surface area contributed by atoms with Crippen molar-refractivity contribution in [2.24, 2.45) is 5.92 Å². The van der Waals surface area contributed by atoms with Crippen LogP contribution in [-0.2, 0) is 11.3 Å². The Morgan fingerprint density at radius 2 is 2.13 bits per heavy atom. The van der Waals surface area contributed by atoms with Crippen molar-refractivity contribution in [3.8, 4) is 17.1 Å². The molecular formula is C22H24BrN5O3. The molecule has 1 saturated heterocycles. The second-order valence-corrected chi connectivity index (χ2v) is 8.31. The summed E-state index contributed by atoms with van der Waals surface area (Å²) in [6.07, 6.45) is 3.45. The Morgan fingerprint density at radius 1 is 1.29 bits per heavy atom. The summed E-state index contributed by atoms with van der Waals surface area (Å²) in [5.41, 5.74) is 0.872. The summed E-state index contributed by atoms with van der Waals surface area (Å²) in [6.45, 7) is 4.63. The van der Waals surface area contributed by atoms with Gasteiger partial charge < -0.3 is 14.6 Å². The summed E-state index contributed by atoms with van der Waals surface area (Å²) in [7, 11) is 0. The lowest BCUT2D eigenvalue weighted by atomic mass is 9.97. The SMILES string of the molecule is CCOc1ccc(-c2noc(CN3CCCC(C(=O)Nc4ccc(Br)cn4)C3)n2)cc1. The van der Waals surface area contributed by atoms with Crippen LogP contribution in [0.2, 0.25) is 0 Å². The number of anilines is 1. The topological polar surface area (TPSA) is 93.4 Å². The third-order valence-electron chi connectivity index (χ3n) is 5.11. The largest absolute Gasteiger partial charge is 0.494 e. The molecular weight excluding hydrogens is 462 g/mol. The Bertz CT molecular complexity index is 1010. The lowest BCUT2D eigenvalue weighted by Crippen LogP contribution is -2.40. The smallest absolute Gasteiger partial charge is 0.241 e. The second kappa shape index (κ2) is 10.0. The van der Waals surface area contributed by atoms with Crippen molar-refractivity contribution in [1.82, 2.24) is 20.0 Å². The minimum Gasteiger partial charge on any atom is -0.494 e. The van der Waals surface area contributed by atoms with E-state index in [-0.39, 0.29) is 11.8 Å². The van der Waals surface area contributed by atoms with E-state index in [1.807, 2.05) is 37.3 Å². The zero-order valence-electron chi connectivity index (χ0n) is 17.3. The van der Waals surface area contributed by atoms with Gasteiger partial charge in [-0.3, -0.25) is 9.69 Å². The molecule has 3 aromatic rings. The van der Waals surface area contributed by atoms with Crippen molar-refractivity contribution in [2.75, 3.05) is 25.0 Å². The minimum absolute atomic E-state index is 0.0138. The molecule has 0 saturated carbocycles. The number of amides is 1. The number of benzene rings is 1. The average Bonchev–Trinajstić information content (AvgIpc) is 3.25. The first kappa shape index (κ1) is 21.5. The third-order valence-corrected chi connectivity index (χ3v) is 5.57. The number of nitrogens with zero attached hydrogens (tertiary/aromatic N) is 4. The van der Waals surface area contributed by atoms with Crippen molar-refractivity contribution >= 4 is 27.7 Å². The molecule has 1 unspecified atom stereocenters. The van der Waals surface area contributed by atoms with Crippen LogP contribution in [0, 0.1) is 5.92 Å². The number of hydrogen-bond donors (Lipinski definition) is 1. The van der Waals surface area contributed by atoms with Gasteiger partial charge in [0.15, 0.2) is 0 Å². The maximum absolute atomic E-state index is 12.7. The second-order valence-electron chi connectivity index (χ2n) is 7.39. The number of likely N-dealkylation sites (tertiary alicyclic amines) is 1. The summed E-state index contributed by atoms with van der Waals surface area (Å²) in [6, 6.07) is 11.2. The lowest BCUT2D eigenvalue weighted by Gasteiger charge is -2.30. The van der Waals surface area contributed by atoms with E-state index in [0.717, 1.165) is 35.2 Å². The number of pyridine rings is 1. The molecule has 2 aromatic heterocycles. The Kier molecular flexibility index (Phi) is 6.93. The maximum Gasteiger partial charge on any atom is 0.241 e. The average molecular weight is 486 g/mol. The Labute approximate surface area is 189 Å². The van der Waals surface area contributed by atoms with Gasteiger partial charge in [0.1, 0.15) is 11.6 Å². The number of halogens is 1. The Balaban J connectivity index is 1.34. The van der Waals surface area contributed by atoms with E-state index in [1.165, 1.54) is 0 Å². The minimum atomic E-state index is -0.104. The number of nitrogens with one attached hydrogen (secondary N) is 1. The number of carbonyl (C=O) groups excluding carboxylic acids is 1. The predicted molar refractivity (Wildman–Crippen MR) is 119 cm³/mol. The molecule has 162 valence electrons. The molecule has 4 rings (SSSR count). The molecule has 1 amide bonds. The molecule has 9 heteroatoms. The van der Waals surface area contributed by atoms with Crippen LogP contribution in [0.3, 0.4) is 0 Å². The molecule has 1 atom stereocenters. The van der Waals surface area contributed by atoms with E-state index in [4.69, 9.17) is 9.26 Å². The Hall–Kier alpha value is -2.78. The van der Waals surface area contributed by atoms with Gasteiger partial charge in [-0.1, -0.05) is 5.16 Å². The number of hydrogen-bond acceptors (Lipinski definition) is 7. The molecule has 0 aliphatic carbocycles. The summed E-state index contributed by atoms with van der Waals surface area (Å²) in [4.78, 5) is 23.6. The number of carbonyl (C=O) groups is 1. The standard InChI is InChI=1S/C22H24BrN5O3/c1-2-30-18-8-5-15(6-9-18)21-26-20(31-27-21)14-28-11-3-4-16(13-28)22(29)25-19-10-7-17(23)12-24-19/h5-10,12,16H,2-4,11,13-14H2,1H3,(H,24,25,29). The van der Waals surface area contributed by atoms with Crippen molar-refractivity contribution in [2.45, 2.75) is 26.3 Å². The molecule has 3 heterocycles. The van der Waals surface area contributed by atoms with Gasteiger partial charge in [0, 0.05) is 22.8 Å². The van der Waals surface area contributed by atoms with Gasteiger partial charge in [0.25, 0.3) is 0 Å². The fourth-order valence-corrected chi connectivity index (χ4v) is 3.82. The fourth-order valence-electron chi connectivity index (χ4n) is 3.59. The summed E-state index contributed by atoms with van der Waals surface area (Å²) < 4.78 is 11.8. The molecule has 1 fully saturated rings. The number of aromatic nitrogens is 3. The first-order valence-electron chi connectivity index (χ1n) is 10.3. The van der Waals surface area contributed by atoms with Crippen LogP contribution in [0.25, 0.3) is 11.4 Å². The fraction of sp³-hybridized carbons (Fsp3) is 0.364. The maximum atomic E-state index is 12.7. The van der Waals surface area contributed by atoms with E-state index < -0.39 is 0 Å². The van der Waals surface area contributed by atoms with Crippen molar-refractivity contribution in [3.05, 3.63) is 53.0 Å². The number of rotatable bonds is 7. The monoisotopic (exact) mass is 485 g/mol. The molecule has 0 bridgehead atoms. The highest BCUT2D eigenvalue weighted by molar-refractivity contribution is 9.10. The van der Waals surface area contributed by atoms with E-state index in [0.29, 0.717) is 37.2 Å². The molecule has 0 radical (unpaired) electrons. The first-order chi connectivity index (χ1) is 15.1. The van der Waals surface area contributed by atoms with Gasteiger partial charge in [0.05, 0.1) is 19.1 Å². The predicted octanol–water partition coefficient (Wildman–Crippen LogP) is 4.14. The van der Waals surface area contributed by atoms with Crippen LogP contribution in [0.1, 0.15) is 25.7 Å². The highest BCUT2D eigenvalue weighted by Crippen LogP contribution is 2.23. The van der Waals surface area contributed by atoms with E-state index in [9.17, 15) is 4.79 Å². The molecule has 0 spiro atoms. The summed E-state index contributed by atoms with van der Waals surface area (Å²) >= 11 is 3.35. The zero-order valence-corrected chi connectivity index (χ0v) is 18.8. The number of ether oxygens (including phenoxy) is 1. The molecule has 1 aliphatic rings. The molecule has 1 aliphatic heterocycles. The van der Waals surface area contributed by atoms with Crippen LogP contribution < -0.4 is 10.1 Å². The van der Waals surface area contributed by atoms with Crippen LogP contribution in [0.5, 0.6) is 5.75 Å².